The van der Waals surface area contributed by atoms with Crippen LogP contribution in [0.2, 0.25) is 0 Å². The maximum absolute atomic E-state index is 15.7. The third-order valence-corrected chi connectivity index (χ3v) is 22.9. The van der Waals surface area contributed by atoms with Gasteiger partial charge in [-0.3, -0.25) is 93.6 Å². The first-order valence-electron chi connectivity index (χ1n) is 38.1. The van der Waals surface area contributed by atoms with Crippen molar-refractivity contribution in [2.24, 2.45) is 0 Å². The number of para-hydroxylation sites is 4. The zero-order valence-electron chi connectivity index (χ0n) is 69.2. The first-order chi connectivity index (χ1) is 60.7. The number of hydrogen-bond donors (Lipinski definition) is 8. The van der Waals surface area contributed by atoms with Crippen LogP contribution in [0.25, 0.3) is 0 Å². The number of phosphoric ester groups is 4. The molecule has 4 unspecified atom stereocenters. The van der Waals surface area contributed by atoms with Crippen LogP contribution in [-0.2, 0) is 99.8 Å². The lowest BCUT2D eigenvalue weighted by Crippen LogP contribution is -2.37. The third-order valence-electron chi connectivity index (χ3n) is 18.0. The Kier molecular flexibility index (Phi) is 24.2. The molecule has 8 N–H and O–H groups in total. The van der Waals surface area contributed by atoms with Crippen LogP contribution in [0.4, 0.5) is 35.1 Å². The van der Waals surface area contributed by atoms with Crippen molar-refractivity contribution in [2.45, 2.75) is 125 Å². The van der Waals surface area contributed by atoms with E-state index in [4.69, 9.17) is 100 Å². The Labute approximate surface area is 693 Å². The number of phosphoric acid groups is 4. The normalized spacial score (nSPS) is 32.1. The molecule has 44 nitrogen and oxygen atoms in total. The number of aliphatic hydroxyl groups excluding tert-OH is 4. The first kappa shape index (κ1) is 83.3. The van der Waals surface area contributed by atoms with Gasteiger partial charge in [0.15, 0.2) is 70.9 Å². The number of fused-ring (bicyclic) bond motifs is 4. The van der Waals surface area contributed by atoms with E-state index in [2.05, 4.69) is 0 Å². The van der Waals surface area contributed by atoms with Crippen molar-refractivity contribution in [1.29, 1.82) is 0 Å². The SMILES string of the molecule is COc1cccc2c1OP(=O)(OC[C@]1(F)C[C@@H](O)[C@H](n3cc(F)c(=O)[nH]c3=O)O1)OC2.[2H]C([2H])(OP1(=O)OCc2cccc(OC)c2O1)[C@]1(F)C[C@@H](O)[C@H](n2cc(F)c(=O)[nH]c2=O)O1.[2H]C([2H])(OP1(=O)OCc2cccc(OC)c2O1)[C@]1(F)C[C@@H](O)[C@]([2H])(n2cc(F)c(=O)[nH]c2=O)O1.[2H][C@@]1(n2cc(F)c(=O)[nH]c2=O)O[C@](F)(COP2(=O)OCc3cccc(OC)c3O2)C[C@H]1O. The number of benzene rings is 4. The van der Waals surface area contributed by atoms with Gasteiger partial charge in [0.1, 0.15) is 50.7 Å². The van der Waals surface area contributed by atoms with Crippen molar-refractivity contribution in [3.05, 3.63) is 226 Å². The highest BCUT2D eigenvalue weighted by atomic mass is 31.2. The Morgan fingerprint density at radius 1 is 0.395 bits per heavy atom. The molecule has 672 valence electrons. The van der Waals surface area contributed by atoms with Gasteiger partial charge in [0.05, 0.1) is 87.9 Å². The van der Waals surface area contributed by atoms with E-state index in [1.165, 1.54) is 51.6 Å². The molecule has 0 amide bonds. The van der Waals surface area contributed by atoms with Crippen molar-refractivity contribution in [3.63, 3.8) is 0 Å². The topological polar surface area (TPSA) is 553 Å². The van der Waals surface area contributed by atoms with E-state index in [-0.39, 0.29) is 87.8 Å². The molecule has 16 rings (SSSR count). The lowest BCUT2D eigenvalue weighted by Gasteiger charge is -2.28. The van der Waals surface area contributed by atoms with E-state index in [0.29, 0.717) is 50.0 Å². The molecule has 4 saturated heterocycles. The Hall–Kier alpha value is -10.3. The van der Waals surface area contributed by atoms with Gasteiger partial charge in [-0.05, 0) is 24.3 Å². The minimum absolute atomic E-state index is 0.0304. The molecule has 16 atom stereocenters. The van der Waals surface area contributed by atoms with Crippen LogP contribution < -0.4 is 82.0 Å². The monoisotopic (exact) mass is 1850 g/mol. The van der Waals surface area contributed by atoms with E-state index in [0.717, 1.165) is 0 Å². The van der Waals surface area contributed by atoms with E-state index >= 15 is 17.6 Å². The molecule has 0 radical (unpaired) electrons. The van der Waals surface area contributed by atoms with Gasteiger partial charge < -0.3 is 76.4 Å². The number of ether oxygens (including phenoxy) is 8. The van der Waals surface area contributed by atoms with Crippen LogP contribution in [0, 0.1) is 23.3 Å². The number of rotatable bonds is 20. The van der Waals surface area contributed by atoms with Crippen molar-refractivity contribution in [3.8, 4) is 46.0 Å². The quantitative estimate of drug-likeness (QED) is 0.0347. The Morgan fingerprint density at radius 3 is 0.968 bits per heavy atom. The average Bonchev–Trinajstić information content (AvgIpc) is 1.53. The summed E-state index contributed by atoms with van der Waals surface area (Å²) in [6.45, 7) is -10.4. The number of nitrogens with one attached hydrogen (secondary N) is 4. The summed E-state index contributed by atoms with van der Waals surface area (Å²) < 4.78 is 318. The van der Waals surface area contributed by atoms with E-state index in [1.54, 1.807) is 69.5 Å². The summed E-state index contributed by atoms with van der Waals surface area (Å²) in [6, 6.07) is 18.9. The van der Waals surface area contributed by atoms with Crippen molar-refractivity contribution in [2.75, 3.05) is 54.8 Å². The van der Waals surface area contributed by atoms with Crippen LogP contribution in [0.5, 0.6) is 46.0 Å². The largest absolute Gasteiger partial charge is 0.530 e. The lowest BCUT2D eigenvalue weighted by atomic mass is 10.2. The van der Waals surface area contributed by atoms with Crippen LogP contribution in [0.3, 0.4) is 0 Å². The summed E-state index contributed by atoms with van der Waals surface area (Å²) in [5, 5.41) is 40.8. The molecule has 124 heavy (non-hydrogen) atoms. The van der Waals surface area contributed by atoms with E-state index < -0.39 is 224 Å². The highest BCUT2D eigenvalue weighted by Crippen LogP contribution is 2.62. The number of aliphatic hydroxyl groups is 4. The third kappa shape index (κ3) is 20.0. The predicted molar refractivity (Wildman–Crippen MR) is 391 cm³/mol. The van der Waals surface area contributed by atoms with E-state index in [1.807, 2.05) is 0 Å². The number of methoxy groups -OCH3 is 4. The van der Waals surface area contributed by atoms with Gasteiger partial charge in [-0.2, -0.15) is 17.6 Å². The zero-order chi connectivity index (χ0) is 95.0. The summed E-state index contributed by atoms with van der Waals surface area (Å²) in [5.41, 5.74) is -8.72. The molecule has 0 aliphatic carbocycles. The molecule has 4 fully saturated rings. The Morgan fingerprint density at radius 2 is 0.645 bits per heavy atom. The molecule has 12 heterocycles. The minimum atomic E-state index is -4.85. The number of nitrogens with zero attached hydrogens (tertiary/aromatic N) is 4. The molecule has 8 aromatic rings. The minimum Gasteiger partial charge on any atom is -0.493 e. The average molecular weight is 1860 g/mol. The molecule has 0 bridgehead atoms. The summed E-state index contributed by atoms with van der Waals surface area (Å²) in [4.78, 5) is 98.9. The molecule has 8 aliphatic rings. The van der Waals surface area contributed by atoms with Gasteiger partial charge in [-0.1, -0.05) is 48.5 Å². The fourth-order valence-corrected chi connectivity index (χ4v) is 16.9. The second-order valence-corrected chi connectivity index (χ2v) is 32.8. The van der Waals surface area contributed by atoms with Gasteiger partial charge >= 0.3 is 54.0 Å². The number of halogens is 8. The molecule has 8 aliphatic heterocycles. The standard InChI is InChI=1S/4C17H17F2N2O9P/c4*1-26-12-4-2-3-9-7-27-31(25,30-13(9)12)28-8-17(19)5-11(22)15(29-17)21-6-10(18)14(23)20-16(21)24/h4*2-4,6,11,15,22H,5,7-8H2,1H3,(H,20,23,24)/t4*11-,15-,17+,31?/m1111/s1/i8D2,15D;15D;8D2;. The number of aromatic amines is 4. The predicted octanol–water partition coefficient (Wildman–Crippen LogP) is 5.46. The van der Waals surface area contributed by atoms with Crippen molar-refractivity contribution >= 4 is 31.3 Å². The maximum atomic E-state index is 15.7. The van der Waals surface area contributed by atoms with E-state index in [9.17, 15) is 94.6 Å². The molecular weight excluding hydrogens is 1780 g/mol. The fraction of sp³-hybridized carbons (Fsp3) is 0.412. The van der Waals surface area contributed by atoms with Gasteiger partial charge in [0, 0.05) is 47.9 Å². The molecule has 0 saturated carbocycles. The van der Waals surface area contributed by atoms with Gasteiger partial charge in [-0.25, -0.2) is 55.0 Å². The smallest absolute Gasteiger partial charge is 0.493 e. The highest BCUT2D eigenvalue weighted by Gasteiger charge is 2.56. The molecule has 4 aromatic carbocycles. The van der Waals surface area contributed by atoms with Gasteiger partial charge in [0.2, 0.25) is 46.7 Å². The second-order valence-electron chi connectivity index (χ2n) is 26.6. The van der Waals surface area contributed by atoms with Crippen molar-refractivity contribution in [1.82, 2.24) is 38.2 Å². The molecule has 56 heteroatoms. The number of H-pyrrole nitrogens is 4. The molecular formula is C68H68F8N8O36P4. The van der Waals surface area contributed by atoms with Gasteiger partial charge in [-0.15, -0.1) is 0 Å². The van der Waals surface area contributed by atoms with Crippen LogP contribution in [0.15, 0.2) is 136 Å². The number of aromatic nitrogens is 8. The summed E-state index contributed by atoms with van der Waals surface area (Å²) in [5.74, 6) is -17.8. The maximum Gasteiger partial charge on any atom is 0.530 e. The summed E-state index contributed by atoms with van der Waals surface area (Å²) >= 11 is 0. The van der Waals surface area contributed by atoms with Gasteiger partial charge in [0.25, 0.3) is 22.2 Å². The summed E-state index contributed by atoms with van der Waals surface area (Å²) in [6.07, 6.45) is -20.0. The first-order valence-corrected chi connectivity index (χ1v) is 41.0. The lowest BCUT2D eigenvalue weighted by molar-refractivity contribution is -0.179. The Balaban J connectivity index is 0.000000148. The molecule has 4 aromatic heterocycles. The van der Waals surface area contributed by atoms with Crippen LogP contribution in [0.1, 0.15) is 81.0 Å². The summed E-state index contributed by atoms with van der Waals surface area (Å²) in [7, 11) is -12.9. The fourth-order valence-electron chi connectivity index (χ4n) is 12.2. The van der Waals surface area contributed by atoms with Crippen molar-refractivity contribution < 1.29 is 174 Å². The second kappa shape index (κ2) is 36.0. The molecule has 0 spiro atoms. The van der Waals surface area contributed by atoms with Crippen LogP contribution >= 0.6 is 31.3 Å². The number of alkyl halides is 4. The Bertz CT molecular complexity index is 6410. The van der Waals surface area contributed by atoms with Crippen LogP contribution in [-0.4, -0.2) is 161 Å². The zero-order valence-corrected chi connectivity index (χ0v) is 66.8. The highest BCUT2D eigenvalue weighted by molar-refractivity contribution is 7.49. The number of hydrogen-bond acceptors (Lipinski definition) is 36.